The summed E-state index contributed by atoms with van der Waals surface area (Å²) in [7, 11) is 0. The van der Waals surface area contributed by atoms with Gasteiger partial charge < -0.3 is 5.32 Å². The average Bonchev–Trinajstić information content (AvgIpc) is 2.88. The van der Waals surface area contributed by atoms with Crippen LogP contribution in [0.3, 0.4) is 0 Å². The van der Waals surface area contributed by atoms with Crippen molar-refractivity contribution in [2.75, 3.05) is 6.54 Å². The van der Waals surface area contributed by atoms with Gasteiger partial charge in [0.1, 0.15) is 5.82 Å². The highest BCUT2D eigenvalue weighted by Crippen LogP contribution is 2.20. The number of aromatic nitrogens is 4. The first-order valence-corrected chi connectivity index (χ1v) is 6.84. The van der Waals surface area contributed by atoms with Crippen molar-refractivity contribution in [1.29, 1.82) is 0 Å². The van der Waals surface area contributed by atoms with Crippen LogP contribution in [0.15, 0.2) is 18.2 Å². The van der Waals surface area contributed by atoms with Crippen LogP contribution in [0.1, 0.15) is 32.6 Å². The highest BCUT2D eigenvalue weighted by molar-refractivity contribution is 6.30. The fraction of sp³-hybridized carbons (Fsp3) is 0.462. The maximum absolute atomic E-state index is 13.2. The zero-order chi connectivity index (χ0) is 14.7. The minimum Gasteiger partial charge on any atom is -0.307 e. The molecule has 0 amide bonds. The zero-order valence-electron chi connectivity index (χ0n) is 11.6. The van der Waals surface area contributed by atoms with Gasteiger partial charge in [-0.3, -0.25) is 0 Å². The van der Waals surface area contributed by atoms with Crippen molar-refractivity contribution < 1.29 is 4.39 Å². The van der Waals surface area contributed by atoms with E-state index in [0.717, 1.165) is 6.54 Å². The number of hydrogen-bond donors (Lipinski definition) is 1. The Bertz CT molecular complexity index is 584. The predicted octanol–water partition coefficient (Wildman–Crippen LogP) is 2.76. The largest absolute Gasteiger partial charge is 0.307 e. The summed E-state index contributed by atoms with van der Waals surface area (Å²) in [5.41, 5.74) is 0.634. The van der Waals surface area contributed by atoms with Crippen molar-refractivity contribution in [2.45, 2.75) is 26.8 Å². The summed E-state index contributed by atoms with van der Waals surface area (Å²) in [6, 6.07) is 4.38. The normalized spacial score (nSPS) is 12.9. The monoisotopic (exact) mass is 297 g/mol. The molecule has 20 heavy (non-hydrogen) atoms. The molecule has 0 radical (unpaired) electrons. The quantitative estimate of drug-likeness (QED) is 0.922. The Kier molecular flexibility index (Phi) is 4.67. The summed E-state index contributed by atoms with van der Waals surface area (Å²) in [6.07, 6.45) is 0. The first-order valence-electron chi connectivity index (χ1n) is 6.46. The van der Waals surface area contributed by atoms with Crippen molar-refractivity contribution in [2.24, 2.45) is 5.92 Å². The number of halogens is 2. The molecule has 1 atom stereocenters. The molecule has 7 heteroatoms. The van der Waals surface area contributed by atoms with E-state index in [0.29, 0.717) is 17.4 Å². The van der Waals surface area contributed by atoms with Crippen LogP contribution < -0.4 is 5.32 Å². The molecule has 1 aromatic heterocycles. The van der Waals surface area contributed by atoms with E-state index in [1.54, 1.807) is 10.7 Å². The third-order valence-electron chi connectivity index (χ3n) is 2.86. The standard InChI is InChI=1S/C13H17ClFN5/c1-8(2)7-16-9(3)13-17-18-19-20(13)10-4-5-12(15)11(14)6-10/h4-6,8-9,16H,7H2,1-3H3. The molecular weight excluding hydrogens is 281 g/mol. The topological polar surface area (TPSA) is 55.6 Å². The summed E-state index contributed by atoms with van der Waals surface area (Å²) in [6.45, 7) is 7.10. The van der Waals surface area contributed by atoms with Crippen LogP contribution in [0.5, 0.6) is 0 Å². The molecule has 5 nitrogen and oxygen atoms in total. The van der Waals surface area contributed by atoms with E-state index in [4.69, 9.17) is 11.6 Å². The molecule has 0 saturated heterocycles. The zero-order valence-corrected chi connectivity index (χ0v) is 12.4. The molecule has 1 aromatic carbocycles. The van der Waals surface area contributed by atoms with Crippen molar-refractivity contribution in [3.8, 4) is 5.69 Å². The van der Waals surface area contributed by atoms with Gasteiger partial charge in [-0.15, -0.1) is 5.10 Å². The van der Waals surface area contributed by atoms with E-state index in [9.17, 15) is 4.39 Å². The van der Waals surface area contributed by atoms with Gasteiger partial charge in [0.15, 0.2) is 5.82 Å². The Balaban J connectivity index is 2.25. The van der Waals surface area contributed by atoms with Crippen molar-refractivity contribution in [3.05, 3.63) is 34.9 Å². The molecular formula is C13H17ClFN5. The Hall–Kier alpha value is -1.53. The van der Waals surface area contributed by atoms with E-state index in [-0.39, 0.29) is 11.1 Å². The van der Waals surface area contributed by atoms with Gasteiger partial charge in [-0.2, -0.15) is 4.68 Å². The second kappa shape index (κ2) is 6.28. The highest BCUT2D eigenvalue weighted by atomic mass is 35.5. The molecule has 1 N–H and O–H groups in total. The molecule has 1 heterocycles. The summed E-state index contributed by atoms with van der Waals surface area (Å²) in [5.74, 6) is 0.728. The molecule has 0 spiro atoms. The van der Waals surface area contributed by atoms with Gasteiger partial charge in [-0.05, 0) is 48.0 Å². The SMILES string of the molecule is CC(C)CNC(C)c1nnnn1-c1ccc(F)c(Cl)c1. The molecule has 0 aliphatic rings. The third kappa shape index (κ3) is 3.32. The highest BCUT2D eigenvalue weighted by Gasteiger charge is 2.16. The van der Waals surface area contributed by atoms with Gasteiger partial charge >= 0.3 is 0 Å². The Labute approximate surface area is 122 Å². The second-order valence-electron chi connectivity index (χ2n) is 5.07. The number of tetrazole rings is 1. The van der Waals surface area contributed by atoms with Crippen LogP contribution in [-0.4, -0.2) is 26.8 Å². The maximum Gasteiger partial charge on any atom is 0.173 e. The van der Waals surface area contributed by atoms with Crippen LogP contribution in [0.2, 0.25) is 5.02 Å². The van der Waals surface area contributed by atoms with Crippen molar-refractivity contribution in [3.63, 3.8) is 0 Å². The van der Waals surface area contributed by atoms with Crippen molar-refractivity contribution in [1.82, 2.24) is 25.5 Å². The third-order valence-corrected chi connectivity index (χ3v) is 3.15. The number of benzene rings is 1. The smallest absolute Gasteiger partial charge is 0.173 e. The molecule has 0 bridgehead atoms. The van der Waals surface area contributed by atoms with Crippen LogP contribution in [-0.2, 0) is 0 Å². The molecule has 108 valence electrons. The summed E-state index contributed by atoms with van der Waals surface area (Å²) >= 11 is 5.79. The molecule has 0 aliphatic heterocycles. The molecule has 0 fully saturated rings. The van der Waals surface area contributed by atoms with E-state index in [1.165, 1.54) is 12.1 Å². The van der Waals surface area contributed by atoms with E-state index >= 15 is 0 Å². The summed E-state index contributed by atoms with van der Waals surface area (Å²) in [4.78, 5) is 0. The predicted molar refractivity (Wildman–Crippen MR) is 75.4 cm³/mol. The van der Waals surface area contributed by atoms with E-state index < -0.39 is 5.82 Å². The lowest BCUT2D eigenvalue weighted by atomic mass is 10.2. The van der Waals surface area contributed by atoms with Gasteiger partial charge in [0.25, 0.3) is 0 Å². The van der Waals surface area contributed by atoms with Gasteiger partial charge in [0, 0.05) is 0 Å². The molecule has 0 saturated carbocycles. The maximum atomic E-state index is 13.2. The fourth-order valence-electron chi connectivity index (χ4n) is 1.77. The van der Waals surface area contributed by atoms with Gasteiger partial charge in [-0.1, -0.05) is 25.4 Å². The number of nitrogens with zero attached hydrogens (tertiary/aromatic N) is 4. The molecule has 1 unspecified atom stereocenters. The van der Waals surface area contributed by atoms with Gasteiger partial charge in [-0.25, -0.2) is 4.39 Å². The Morgan fingerprint density at radius 2 is 2.10 bits per heavy atom. The van der Waals surface area contributed by atoms with Crippen molar-refractivity contribution >= 4 is 11.6 Å². The molecule has 2 rings (SSSR count). The second-order valence-corrected chi connectivity index (χ2v) is 5.48. The Morgan fingerprint density at radius 3 is 2.75 bits per heavy atom. The minimum atomic E-state index is -0.462. The lowest BCUT2D eigenvalue weighted by Gasteiger charge is -2.15. The number of hydrogen-bond acceptors (Lipinski definition) is 4. The van der Waals surface area contributed by atoms with Crippen LogP contribution >= 0.6 is 11.6 Å². The number of nitrogens with one attached hydrogen (secondary N) is 1. The minimum absolute atomic E-state index is 0.0174. The van der Waals surface area contributed by atoms with E-state index in [2.05, 4.69) is 34.7 Å². The first-order chi connectivity index (χ1) is 9.49. The lowest BCUT2D eigenvalue weighted by Crippen LogP contribution is -2.25. The molecule has 0 aliphatic carbocycles. The summed E-state index contributed by atoms with van der Waals surface area (Å²) < 4.78 is 14.8. The lowest BCUT2D eigenvalue weighted by molar-refractivity contribution is 0.475. The van der Waals surface area contributed by atoms with Gasteiger partial charge in [0.05, 0.1) is 16.8 Å². The van der Waals surface area contributed by atoms with Gasteiger partial charge in [0.2, 0.25) is 0 Å². The fourth-order valence-corrected chi connectivity index (χ4v) is 1.94. The first kappa shape index (κ1) is 14.9. The Morgan fingerprint density at radius 1 is 1.35 bits per heavy atom. The average molecular weight is 298 g/mol. The van der Waals surface area contributed by atoms with Crippen LogP contribution in [0.25, 0.3) is 5.69 Å². The molecule has 2 aromatic rings. The van der Waals surface area contributed by atoms with E-state index in [1.807, 2.05) is 6.92 Å². The van der Waals surface area contributed by atoms with Crippen LogP contribution in [0.4, 0.5) is 4.39 Å². The number of rotatable bonds is 5. The van der Waals surface area contributed by atoms with Crippen LogP contribution in [0, 0.1) is 11.7 Å². The summed E-state index contributed by atoms with van der Waals surface area (Å²) in [5, 5.41) is 15.0.